The smallest absolute Gasteiger partial charge is 0.303 e. The van der Waals surface area contributed by atoms with E-state index in [1.54, 1.807) is 25.1 Å². The topological polar surface area (TPSA) is 102 Å². The molecular formula is C33H41ClN2O6S. The molecule has 43 heavy (non-hydrogen) atoms. The van der Waals surface area contributed by atoms with Gasteiger partial charge in [-0.2, -0.15) is 0 Å². The van der Waals surface area contributed by atoms with Crippen molar-refractivity contribution in [1.82, 2.24) is 4.72 Å². The molecule has 5 rings (SSSR count). The molecule has 232 valence electrons. The fourth-order valence-electron chi connectivity index (χ4n) is 6.28. The Bertz CT molecular complexity index is 1490. The van der Waals surface area contributed by atoms with E-state index in [0.717, 1.165) is 55.5 Å². The molecular weight excluding hydrogens is 588 g/mol. The van der Waals surface area contributed by atoms with Crippen LogP contribution in [0, 0.1) is 17.8 Å². The van der Waals surface area contributed by atoms with Gasteiger partial charge in [0.1, 0.15) is 18.5 Å². The van der Waals surface area contributed by atoms with E-state index in [9.17, 15) is 18.0 Å². The number of anilines is 1. The van der Waals surface area contributed by atoms with Gasteiger partial charge in [0, 0.05) is 36.5 Å². The molecule has 2 aromatic carbocycles. The zero-order valence-electron chi connectivity index (χ0n) is 25.1. The Balaban J connectivity index is 1.55. The van der Waals surface area contributed by atoms with E-state index < -0.39 is 21.2 Å². The summed E-state index contributed by atoms with van der Waals surface area (Å²) in [6.07, 6.45) is 8.58. The zero-order chi connectivity index (χ0) is 30.7. The van der Waals surface area contributed by atoms with Crippen LogP contribution in [0.1, 0.15) is 74.4 Å². The van der Waals surface area contributed by atoms with E-state index in [0.29, 0.717) is 30.3 Å². The van der Waals surface area contributed by atoms with E-state index in [1.807, 2.05) is 37.3 Å². The molecule has 2 aromatic rings. The van der Waals surface area contributed by atoms with Crippen LogP contribution in [-0.4, -0.2) is 44.7 Å². The highest BCUT2D eigenvalue weighted by Gasteiger charge is 2.39. The van der Waals surface area contributed by atoms with Crippen LogP contribution in [0.3, 0.4) is 0 Å². The molecule has 8 nitrogen and oxygen atoms in total. The lowest BCUT2D eigenvalue weighted by atomic mass is 9.70. The molecule has 2 bridgehead atoms. The van der Waals surface area contributed by atoms with Crippen molar-refractivity contribution in [2.24, 2.45) is 17.8 Å². The second-order valence-corrected chi connectivity index (χ2v) is 14.7. The number of carbonyl (C=O) groups excluding carboxylic acids is 2. The van der Waals surface area contributed by atoms with Crippen molar-refractivity contribution in [3.05, 3.63) is 70.3 Å². The highest BCUT2D eigenvalue weighted by molar-refractivity contribution is 7.90. The highest BCUT2D eigenvalue weighted by Crippen LogP contribution is 2.42. The summed E-state index contributed by atoms with van der Waals surface area (Å²) < 4.78 is 40.9. The fourth-order valence-corrected chi connectivity index (χ4v) is 7.76. The van der Waals surface area contributed by atoms with Gasteiger partial charge in [-0.05, 0) is 105 Å². The van der Waals surface area contributed by atoms with Crippen LogP contribution >= 0.6 is 11.6 Å². The third-order valence-corrected chi connectivity index (χ3v) is 11.4. The summed E-state index contributed by atoms with van der Waals surface area (Å²) in [4.78, 5) is 27.7. The average molecular weight is 629 g/mol. The van der Waals surface area contributed by atoms with Gasteiger partial charge in [0.2, 0.25) is 10.0 Å². The summed E-state index contributed by atoms with van der Waals surface area (Å²) in [6, 6.07) is 11.0. The second-order valence-electron chi connectivity index (χ2n) is 12.2. The molecule has 10 heteroatoms. The Labute approximate surface area is 259 Å². The summed E-state index contributed by atoms with van der Waals surface area (Å²) in [7, 11) is -3.95. The number of rotatable bonds is 1. The van der Waals surface area contributed by atoms with Crippen molar-refractivity contribution in [3.63, 3.8) is 0 Å². The summed E-state index contributed by atoms with van der Waals surface area (Å²) in [5, 5.41) is -0.118. The number of fused-ring (bicyclic) bond motifs is 3. The molecule has 0 radical (unpaired) electrons. The van der Waals surface area contributed by atoms with Crippen LogP contribution in [0.25, 0.3) is 0 Å². The van der Waals surface area contributed by atoms with Crippen LogP contribution in [-0.2, 0) is 32.6 Å². The van der Waals surface area contributed by atoms with Gasteiger partial charge in [0.05, 0.1) is 10.9 Å². The van der Waals surface area contributed by atoms with Crippen molar-refractivity contribution < 1.29 is 27.5 Å². The summed E-state index contributed by atoms with van der Waals surface area (Å²) in [5.74, 6) is -0.221. The molecule has 2 aliphatic heterocycles. The molecule has 1 fully saturated rings. The van der Waals surface area contributed by atoms with Gasteiger partial charge < -0.3 is 14.4 Å². The molecule has 5 atom stereocenters. The third-order valence-electron chi connectivity index (χ3n) is 9.25. The third kappa shape index (κ3) is 7.37. The number of carbonyl (C=O) groups is 2. The first-order valence-electron chi connectivity index (χ1n) is 15.2. The number of nitrogens with zero attached hydrogens (tertiary/aromatic N) is 1. The average Bonchev–Trinajstić information content (AvgIpc) is 2.96. The lowest BCUT2D eigenvalue weighted by molar-refractivity contribution is -0.149. The molecule has 2 heterocycles. The number of halogens is 1. The van der Waals surface area contributed by atoms with E-state index in [2.05, 4.69) is 9.62 Å². The van der Waals surface area contributed by atoms with Gasteiger partial charge in [0.15, 0.2) is 0 Å². The van der Waals surface area contributed by atoms with Gasteiger partial charge in [-0.3, -0.25) is 9.59 Å². The van der Waals surface area contributed by atoms with Crippen molar-refractivity contribution in [3.8, 4) is 5.75 Å². The Morgan fingerprint density at radius 2 is 1.91 bits per heavy atom. The number of benzene rings is 2. The first-order chi connectivity index (χ1) is 20.5. The Hall–Kier alpha value is -3.04. The van der Waals surface area contributed by atoms with Gasteiger partial charge in [-0.1, -0.05) is 30.7 Å². The molecule has 0 unspecified atom stereocenters. The Morgan fingerprint density at radius 3 is 2.65 bits per heavy atom. The number of ether oxygens (including phenoxy) is 2. The van der Waals surface area contributed by atoms with E-state index in [-0.39, 0.29) is 35.4 Å². The maximum Gasteiger partial charge on any atom is 0.303 e. The minimum atomic E-state index is -3.95. The zero-order valence-corrected chi connectivity index (χ0v) is 26.6. The predicted octanol–water partition coefficient (Wildman–Crippen LogP) is 6.06. The van der Waals surface area contributed by atoms with Crippen LogP contribution in [0.4, 0.5) is 5.69 Å². The van der Waals surface area contributed by atoms with Gasteiger partial charge in [0.25, 0.3) is 5.91 Å². The van der Waals surface area contributed by atoms with Crippen molar-refractivity contribution in [1.29, 1.82) is 0 Å². The largest absolute Gasteiger partial charge is 0.487 e. The predicted molar refractivity (Wildman–Crippen MR) is 168 cm³/mol. The molecule has 1 N–H and O–H groups in total. The molecule has 1 saturated carbocycles. The molecule has 0 spiro atoms. The van der Waals surface area contributed by atoms with Crippen LogP contribution in [0.5, 0.6) is 5.75 Å². The molecule has 1 amide bonds. The summed E-state index contributed by atoms with van der Waals surface area (Å²) >= 11 is 6.31. The number of aryl methyl sites for hydroxylation is 1. The standard InChI is InChI=1S/C33H41ClN2O6S/c1-21-7-6-9-31(42-23(3)37)29-14-11-26(29)19-36-16-5-4-8-24-17-28(34)13-10-27(24)20-41-32-15-12-25(18-30(32)36)33(38)35-43(39,40)22(21)2/h6,9-10,12-13,15,17-18,21-22,26,29,31H,4-5,7-8,11,14,16,19-20H2,1-3H3,(H,35,38)/b9-6+/t21-,22+,26-,29+,31+/m0/s1. The molecule has 0 saturated heterocycles. The number of nitrogens with one attached hydrogen (secondary N) is 1. The maximum atomic E-state index is 13.3. The monoisotopic (exact) mass is 628 g/mol. The Kier molecular flexibility index (Phi) is 9.71. The fraction of sp³-hybridized carbons (Fsp3) is 0.515. The number of hydrogen-bond donors (Lipinski definition) is 1. The lowest BCUT2D eigenvalue weighted by Crippen LogP contribution is -2.44. The lowest BCUT2D eigenvalue weighted by Gasteiger charge is -2.43. The van der Waals surface area contributed by atoms with E-state index in [4.69, 9.17) is 21.1 Å². The number of allylic oxidation sites excluding steroid dienone is 1. The van der Waals surface area contributed by atoms with E-state index >= 15 is 0 Å². The van der Waals surface area contributed by atoms with Gasteiger partial charge in [-0.15, -0.1) is 0 Å². The first-order valence-corrected chi connectivity index (χ1v) is 17.1. The SMILES string of the molecule is CC(=O)O[C@@H]1/C=C/C[C@H](C)[C@@H](C)S(=O)(=O)NC(=O)c2ccc3c(c2)N(CCCCc2cc(Cl)ccc2CO3)C[C@@H]2CC[C@H]21. The number of amides is 1. The normalized spacial score (nSPS) is 28.4. The quantitative estimate of drug-likeness (QED) is 0.302. The number of esters is 1. The van der Waals surface area contributed by atoms with Crippen LogP contribution in [0.2, 0.25) is 5.02 Å². The van der Waals surface area contributed by atoms with Crippen molar-refractivity contribution >= 4 is 39.2 Å². The second kappa shape index (κ2) is 13.3. The maximum absolute atomic E-state index is 13.3. The van der Waals surface area contributed by atoms with Crippen LogP contribution in [0.15, 0.2) is 48.6 Å². The minimum Gasteiger partial charge on any atom is -0.487 e. The van der Waals surface area contributed by atoms with E-state index in [1.165, 1.54) is 6.92 Å². The molecule has 0 aromatic heterocycles. The first kappa shape index (κ1) is 31.4. The summed E-state index contributed by atoms with van der Waals surface area (Å²) in [5.41, 5.74) is 3.23. The number of sulfonamides is 1. The number of hydrogen-bond acceptors (Lipinski definition) is 7. The van der Waals surface area contributed by atoms with Crippen molar-refractivity contribution in [2.45, 2.75) is 77.3 Å². The van der Waals surface area contributed by atoms with Crippen LogP contribution < -0.4 is 14.4 Å². The molecule has 1 aliphatic carbocycles. The minimum absolute atomic E-state index is 0.143. The molecule has 3 aliphatic rings. The van der Waals surface area contributed by atoms with Crippen molar-refractivity contribution in [2.75, 3.05) is 18.0 Å². The highest BCUT2D eigenvalue weighted by atomic mass is 35.5. The Morgan fingerprint density at radius 1 is 1.09 bits per heavy atom. The van der Waals surface area contributed by atoms with Gasteiger partial charge in [-0.25, -0.2) is 13.1 Å². The van der Waals surface area contributed by atoms with Gasteiger partial charge >= 0.3 is 5.97 Å². The summed E-state index contributed by atoms with van der Waals surface area (Å²) in [6.45, 7) is 6.64.